The van der Waals surface area contributed by atoms with Crippen LogP contribution in [0.1, 0.15) is 10.4 Å². The van der Waals surface area contributed by atoms with E-state index >= 15 is 0 Å². The van der Waals surface area contributed by atoms with Crippen LogP contribution in [0.2, 0.25) is 6.82 Å². The lowest BCUT2D eigenvalue weighted by molar-refractivity contribution is 0.112. The lowest BCUT2D eigenvalue weighted by atomic mass is 9.75. The van der Waals surface area contributed by atoms with E-state index in [9.17, 15) is 4.79 Å². The smallest absolute Gasteiger partial charge is 0.175 e. The lowest BCUT2D eigenvalue weighted by Crippen LogP contribution is -2.19. The van der Waals surface area contributed by atoms with Gasteiger partial charge in [0.1, 0.15) is 0 Å². The van der Waals surface area contributed by atoms with Crippen LogP contribution >= 0.6 is 0 Å². The molecule has 0 aliphatic rings. The summed E-state index contributed by atoms with van der Waals surface area (Å²) in [5.74, 6) is 0. The summed E-state index contributed by atoms with van der Waals surface area (Å²) < 4.78 is 0. The van der Waals surface area contributed by atoms with Crippen molar-refractivity contribution in [2.75, 3.05) is 0 Å². The van der Waals surface area contributed by atoms with E-state index in [4.69, 9.17) is 0 Å². The summed E-state index contributed by atoms with van der Waals surface area (Å²) in [6.45, 7) is 1.86. The van der Waals surface area contributed by atoms with Crippen molar-refractivity contribution in [3.05, 3.63) is 23.9 Å². The largest absolute Gasteiger partial charge is 0.298 e. The highest BCUT2D eigenvalue weighted by Gasteiger charge is 1.97. The maximum atomic E-state index is 10.3. The predicted molar refractivity (Wildman–Crippen MR) is 40.9 cm³/mol. The van der Waals surface area contributed by atoms with Crippen molar-refractivity contribution in [2.45, 2.75) is 6.82 Å². The van der Waals surface area contributed by atoms with E-state index in [2.05, 4.69) is 4.98 Å². The molecule has 2 nitrogen and oxygen atoms in total. The Kier molecular flexibility index (Phi) is 2.21. The zero-order valence-corrected chi connectivity index (χ0v) is 5.74. The summed E-state index contributed by atoms with van der Waals surface area (Å²) in [5.41, 5.74) is 1.39. The molecule has 0 atom stereocenters. The second-order valence-electron chi connectivity index (χ2n) is 1.88. The summed E-state index contributed by atoms with van der Waals surface area (Å²) in [7, 11) is 1.81. The Morgan fingerprint density at radius 3 is 3.00 bits per heavy atom. The van der Waals surface area contributed by atoms with Crippen LogP contribution in [0.5, 0.6) is 0 Å². The first-order chi connectivity index (χ1) is 4.88. The fourth-order valence-electron chi connectivity index (χ4n) is 0.771. The van der Waals surface area contributed by atoms with Crippen LogP contribution in [0.3, 0.4) is 0 Å². The highest BCUT2D eigenvalue weighted by atomic mass is 16.1. The number of aldehydes is 1. The van der Waals surface area contributed by atoms with Crippen molar-refractivity contribution < 1.29 is 4.79 Å². The summed E-state index contributed by atoms with van der Waals surface area (Å²) >= 11 is 0. The molecule has 3 heteroatoms. The van der Waals surface area contributed by atoms with E-state index in [0.717, 1.165) is 11.9 Å². The van der Waals surface area contributed by atoms with Crippen LogP contribution in [-0.2, 0) is 0 Å². The Balaban J connectivity index is 3.08. The van der Waals surface area contributed by atoms with Crippen LogP contribution in [0.15, 0.2) is 18.3 Å². The molecule has 1 radical (unpaired) electrons. The van der Waals surface area contributed by atoms with E-state index in [1.54, 1.807) is 18.3 Å². The number of hydrogen-bond donors (Lipinski definition) is 0. The molecule has 0 bridgehead atoms. The van der Waals surface area contributed by atoms with Crippen molar-refractivity contribution in [3.63, 3.8) is 0 Å². The molecule has 0 N–H and O–H groups in total. The van der Waals surface area contributed by atoms with Gasteiger partial charge >= 0.3 is 0 Å². The first kappa shape index (κ1) is 7.00. The molecule has 1 aromatic heterocycles. The van der Waals surface area contributed by atoms with Gasteiger partial charge in [0.05, 0.1) is 0 Å². The minimum Gasteiger partial charge on any atom is -0.298 e. The lowest BCUT2D eigenvalue weighted by Gasteiger charge is -1.95. The van der Waals surface area contributed by atoms with Crippen LogP contribution in [-0.4, -0.2) is 18.5 Å². The Labute approximate surface area is 60.5 Å². The molecule has 1 aromatic rings. The molecule has 0 aromatic carbocycles. The molecule has 0 unspecified atom stereocenters. The van der Waals surface area contributed by atoms with E-state index in [1.165, 1.54) is 0 Å². The second-order valence-corrected chi connectivity index (χ2v) is 1.88. The molecule has 0 aliphatic heterocycles. The Bertz CT molecular complexity index is 237. The molecule has 0 fully saturated rings. The standard InChI is InChI=1S/C7H7BNO/c1-8-7-6(5-10)3-2-4-9-7/h2-5H,1H3. The molecule has 10 heavy (non-hydrogen) atoms. The van der Waals surface area contributed by atoms with Gasteiger partial charge in [0.25, 0.3) is 0 Å². The van der Waals surface area contributed by atoms with E-state index < -0.39 is 0 Å². The summed E-state index contributed by atoms with van der Waals surface area (Å²) in [6, 6.07) is 3.49. The molecule has 0 saturated carbocycles. The normalized spacial score (nSPS) is 8.90. The monoisotopic (exact) mass is 132 g/mol. The van der Waals surface area contributed by atoms with Gasteiger partial charge in [-0.3, -0.25) is 9.78 Å². The van der Waals surface area contributed by atoms with Crippen molar-refractivity contribution >= 4 is 19.2 Å². The molecule has 0 spiro atoms. The van der Waals surface area contributed by atoms with Gasteiger partial charge in [-0.15, -0.1) is 0 Å². The maximum Gasteiger partial charge on any atom is 0.175 e. The average molecular weight is 132 g/mol. The van der Waals surface area contributed by atoms with Crippen LogP contribution in [0.25, 0.3) is 0 Å². The van der Waals surface area contributed by atoms with E-state index in [1.807, 2.05) is 14.1 Å². The van der Waals surface area contributed by atoms with Gasteiger partial charge in [-0.05, 0) is 12.1 Å². The first-order valence-electron chi connectivity index (χ1n) is 3.08. The Morgan fingerprint density at radius 2 is 2.50 bits per heavy atom. The van der Waals surface area contributed by atoms with Gasteiger partial charge in [-0.25, -0.2) is 0 Å². The van der Waals surface area contributed by atoms with Crippen molar-refractivity contribution in [3.8, 4) is 0 Å². The van der Waals surface area contributed by atoms with Crippen molar-refractivity contribution in [1.29, 1.82) is 0 Å². The number of nitrogens with zero attached hydrogens (tertiary/aromatic N) is 1. The van der Waals surface area contributed by atoms with Gasteiger partial charge < -0.3 is 0 Å². The third kappa shape index (κ3) is 1.24. The van der Waals surface area contributed by atoms with Gasteiger partial charge in [0.2, 0.25) is 0 Å². The highest BCUT2D eigenvalue weighted by Crippen LogP contribution is 1.86. The predicted octanol–water partition coefficient (Wildman–Crippen LogP) is 0.272. The molecule has 0 saturated heterocycles. The van der Waals surface area contributed by atoms with Gasteiger partial charge in [-0.2, -0.15) is 0 Å². The summed E-state index contributed by atoms with van der Waals surface area (Å²) in [4.78, 5) is 14.3. The topological polar surface area (TPSA) is 30.0 Å². The fraction of sp³-hybridized carbons (Fsp3) is 0.143. The average Bonchev–Trinajstić information content (AvgIpc) is 2.04. The number of carbonyl (C=O) groups excluding carboxylic acids is 1. The third-order valence-corrected chi connectivity index (χ3v) is 1.27. The van der Waals surface area contributed by atoms with E-state index in [0.29, 0.717) is 5.56 Å². The Hall–Kier alpha value is -1.12. The number of aromatic nitrogens is 1. The maximum absolute atomic E-state index is 10.3. The summed E-state index contributed by atoms with van der Waals surface area (Å²) in [6.07, 6.45) is 2.48. The quantitative estimate of drug-likeness (QED) is 0.427. The van der Waals surface area contributed by atoms with Crippen LogP contribution in [0.4, 0.5) is 0 Å². The molecule has 1 rings (SSSR count). The molecular formula is C7H7BNO. The number of pyridine rings is 1. The van der Waals surface area contributed by atoms with E-state index in [-0.39, 0.29) is 0 Å². The first-order valence-corrected chi connectivity index (χ1v) is 3.08. The summed E-state index contributed by atoms with van der Waals surface area (Å²) in [5, 5.41) is 0. The second kappa shape index (κ2) is 3.15. The van der Waals surface area contributed by atoms with Gasteiger partial charge in [-0.1, -0.05) is 6.82 Å². The van der Waals surface area contributed by atoms with Crippen LogP contribution < -0.4 is 5.59 Å². The minimum atomic E-state index is 0.644. The molecule has 0 aliphatic carbocycles. The number of rotatable bonds is 2. The minimum absolute atomic E-state index is 0.644. The van der Waals surface area contributed by atoms with Gasteiger partial charge in [0, 0.05) is 17.4 Å². The molecular weight excluding hydrogens is 125 g/mol. The molecule has 0 amide bonds. The third-order valence-electron chi connectivity index (χ3n) is 1.27. The SMILES string of the molecule is C[B]c1ncccc1C=O. The zero-order valence-electron chi connectivity index (χ0n) is 5.74. The van der Waals surface area contributed by atoms with Crippen LogP contribution in [0, 0.1) is 0 Å². The highest BCUT2D eigenvalue weighted by molar-refractivity contribution is 6.52. The Morgan fingerprint density at radius 1 is 1.70 bits per heavy atom. The van der Waals surface area contributed by atoms with Crippen molar-refractivity contribution in [2.24, 2.45) is 0 Å². The van der Waals surface area contributed by atoms with Gasteiger partial charge in [0.15, 0.2) is 13.6 Å². The molecule has 1 heterocycles. The van der Waals surface area contributed by atoms with Crippen molar-refractivity contribution in [1.82, 2.24) is 4.98 Å². The number of hydrogen-bond acceptors (Lipinski definition) is 2. The fourth-order valence-corrected chi connectivity index (χ4v) is 0.771. The zero-order chi connectivity index (χ0) is 7.40. The molecule has 49 valence electrons. The number of carbonyl (C=O) groups is 1.